The van der Waals surface area contributed by atoms with E-state index in [9.17, 15) is 4.79 Å². The lowest BCUT2D eigenvalue weighted by Gasteiger charge is -2.19. The van der Waals surface area contributed by atoms with Gasteiger partial charge in [-0.25, -0.2) is 0 Å². The number of carboxylic acids is 1. The van der Waals surface area contributed by atoms with Crippen LogP contribution < -0.4 is 10.5 Å². The first-order chi connectivity index (χ1) is 9.04. The molecule has 0 aromatic heterocycles. The second kappa shape index (κ2) is 5.80. The van der Waals surface area contributed by atoms with Crippen LogP contribution in [0.1, 0.15) is 42.0 Å². The molecule has 0 bridgehead atoms. The van der Waals surface area contributed by atoms with Crippen molar-refractivity contribution < 1.29 is 14.6 Å². The zero-order valence-corrected chi connectivity index (χ0v) is 11.7. The van der Waals surface area contributed by atoms with Crippen molar-refractivity contribution in [2.45, 2.75) is 38.1 Å². The molecule has 5 heteroatoms. The normalized spacial score (nSPS) is 15.1. The highest BCUT2D eigenvalue weighted by atomic mass is 35.5. The van der Waals surface area contributed by atoms with Crippen LogP contribution in [0, 0.1) is 0 Å². The summed E-state index contributed by atoms with van der Waals surface area (Å²) in [6.07, 6.45) is 3.47. The van der Waals surface area contributed by atoms with Gasteiger partial charge in [-0.1, -0.05) is 17.7 Å². The number of nitrogens with two attached hydrogens (primary N) is 1. The van der Waals surface area contributed by atoms with Crippen LogP contribution in [0.2, 0.25) is 5.02 Å². The third-order valence-corrected chi connectivity index (χ3v) is 3.99. The van der Waals surface area contributed by atoms with Gasteiger partial charge in [0.1, 0.15) is 5.75 Å². The maximum absolute atomic E-state index is 10.6. The van der Waals surface area contributed by atoms with Crippen LogP contribution >= 0.6 is 11.6 Å². The zero-order chi connectivity index (χ0) is 14.0. The first kappa shape index (κ1) is 14.2. The second-order valence-electron chi connectivity index (χ2n) is 4.84. The number of carbonyl (C=O) groups is 1. The van der Waals surface area contributed by atoms with Crippen molar-refractivity contribution in [3.8, 4) is 5.75 Å². The number of ether oxygens (including phenoxy) is 1. The van der Waals surface area contributed by atoms with Crippen LogP contribution in [0.5, 0.6) is 5.75 Å². The smallest absolute Gasteiger partial charge is 0.303 e. The van der Waals surface area contributed by atoms with E-state index >= 15 is 0 Å². The quantitative estimate of drug-likeness (QED) is 0.871. The average Bonchev–Trinajstić information content (AvgIpc) is 2.84. The maximum Gasteiger partial charge on any atom is 0.303 e. The van der Waals surface area contributed by atoms with Crippen molar-refractivity contribution in [1.82, 2.24) is 0 Å². The monoisotopic (exact) mass is 283 g/mol. The molecule has 0 saturated carbocycles. The van der Waals surface area contributed by atoms with Crippen molar-refractivity contribution in [3.63, 3.8) is 0 Å². The van der Waals surface area contributed by atoms with E-state index in [0.29, 0.717) is 17.2 Å². The summed E-state index contributed by atoms with van der Waals surface area (Å²) in [7, 11) is 1.57. The lowest BCUT2D eigenvalue weighted by atomic mass is 9.97. The van der Waals surface area contributed by atoms with Crippen molar-refractivity contribution in [2.24, 2.45) is 5.73 Å². The highest BCUT2D eigenvalue weighted by molar-refractivity contribution is 6.33. The van der Waals surface area contributed by atoms with E-state index < -0.39 is 5.97 Å². The molecule has 0 amide bonds. The Morgan fingerprint density at radius 3 is 2.95 bits per heavy atom. The van der Waals surface area contributed by atoms with Gasteiger partial charge in [-0.2, -0.15) is 0 Å². The lowest BCUT2D eigenvalue weighted by Crippen LogP contribution is -2.14. The van der Waals surface area contributed by atoms with E-state index in [-0.39, 0.29) is 12.5 Å². The summed E-state index contributed by atoms with van der Waals surface area (Å²) in [5, 5.41) is 9.37. The number of carboxylic acid groups (broad SMARTS) is 1. The molecule has 0 radical (unpaired) electrons. The number of benzene rings is 1. The second-order valence-corrected chi connectivity index (χ2v) is 5.22. The Morgan fingerprint density at radius 1 is 1.58 bits per heavy atom. The third kappa shape index (κ3) is 2.85. The Balaban J connectivity index is 2.34. The molecule has 1 aliphatic carbocycles. The number of rotatable bonds is 5. The Morgan fingerprint density at radius 2 is 2.32 bits per heavy atom. The molecule has 0 heterocycles. The largest absolute Gasteiger partial charge is 0.495 e. The van der Waals surface area contributed by atoms with Gasteiger partial charge >= 0.3 is 5.97 Å². The van der Waals surface area contributed by atoms with Gasteiger partial charge < -0.3 is 15.6 Å². The summed E-state index contributed by atoms with van der Waals surface area (Å²) in [4.78, 5) is 10.6. The predicted octanol–water partition coefficient (Wildman–Crippen LogP) is 2.70. The van der Waals surface area contributed by atoms with Crippen LogP contribution in [0.15, 0.2) is 6.07 Å². The molecule has 4 nitrogen and oxygen atoms in total. The minimum atomic E-state index is -0.846. The molecule has 1 atom stereocenters. The highest BCUT2D eigenvalue weighted by Crippen LogP contribution is 2.41. The molecule has 1 unspecified atom stereocenters. The minimum absolute atomic E-state index is 0.0407. The van der Waals surface area contributed by atoms with E-state index in [1.165, 1.54) is 5.56 Å². The molecular formula is C14H18ClNO3. The number of fused-ring (bicyclic) bond motifs is 1. The van der Waals surface area contributed by atoms with Crippen LogP contribution in [0.3, 0.4) is 0 Å². The molecule has 1 aromatic carbocycles. The number of aliphatic carboxylic acids is 1. The molecule has 1 aromatic rings. The standard InChI is InChI=1S/C14H18ClNO3/c1-19-14-10(11(16)5-6-12(17)18)7-8-3-2-4-9(8)13(14)15/h7,11H,2-6,16H2,1H3,(H,17,18). The van der Waals surface area contributed by atoms with Crippen molar-refractivity contribution in [2.75, 3.05) is 7.11 Å². The van der Waals surface area contributed by atoms with E-state index in [2.05, 4.69) is 0 Å². The minimum Gasteiger partial charge on any atom is -0.495 e. The van der Waals surface area contributed by atoms with Crippen LogP contribution in [0.4, 0.5) is 0 Å². The summed E-state index contributed by atoms with van der Waals surface area (Å²) < 4.78 is 5.37. The summed E-state index contributed by atoms with van der Waals surface area (Å²) in [6.45, 7) is 0. The number of aryl methyl sites for hydroxylation is 1. The maximum atomic E-state index is 10.6. The summed E-state index contributed by atoms with van der Waals surface area (Å²) in [5.41, 5.74) is 9.26. The molecule has 3 N–H and O–H groups in total. The lowest BCUT2D eigenvalue weighted by molar-refractivity contribution is -0.137. The van der Waals surface area contributed by atoms with E-state index in [4.69, 9.17) is 27.2 Å². The Kier molecular flexibility index (Phi) is 4.32. The van der Waals surface area contributed by atoms with E-state index in [1.807, 2.05) is 6.07 Å². The first-order valence-corrected chi connectivity index (χ1v) is 6.78. The summed E-state index contributed by atoms with van der Waals surface area (Å²) in [5.74, 6) is -0.248. The summed E-state index contributed by atoms with van der Waals surface area (Å²) >= 11 is 6.37. The number of hydrogen-bond acceptors (Lipinski definition) is 3. The Labute approximate surface area is 117 Å². The molecule has 104 valence electrons. The summed E-state index contributed by atoms with van der Waals surface area (Å²) in [6, 6.07) is 1.66. The SMILES string of the molecule is COc1c(C(N)CCC(=O)O)cc2c(c1Cl)CCC2. The van der Waals surface area contributed by atoms with Crippen molar-refractivity contribution in [1.29, 1.82) is 0 Å². The van der Waals surface area contributed by atoms with Gasteiger partial charge in [0.15, 0.2) is 0 Å². The molecule has 0 fully saturated rings. The van der Waals surface area contributed by atoms with Gasteiger partial charge in [0.25, 0.3) is 0 Å². The molecule has 0 saturated heterocycles. The van der Waals surface area contributed by atoms with Gasteiger partial charge in [0.2, 0.25) is 0 Å². The van der Waals surface area contributed by atoms with Crippen LogP contribution in [-0.2, 0) is 17.6 Å². The number of halogens is 1. The van der Waals surface area contributed by atoms with Gasteiger partial charge in [0, 0.05) is 18.0 Å². The Hall–Kier alpha value is -1.26. The Bertz CT molecular complexity index is 502. The van der Waals surface area contributed by atoms with Crippen molar-refractivity contribution in [3.05, 3.63) is 27.8 Å². The van der Waals surface area contributed by atoms with Gasteiger partial charge in [-0.15, -0.1) is 0 Å². The van der Waals surface area contributed by atoms with Gasteiger partial charge in [0.05, 0.1) is 12.1 Å². The molecule has 1 aliphatic rings. The molecular weight excluding hydrogens is 266 g/mol. The molecule has 2 rings (SSSR count). The zero-order valence-electron chi connectivity index (χ0n) is 10.9. The average molecular weight is 284 g/mol. The van der Waals surface area contributed by atoms with E-state index in [1.54, 1.807) is 7.11 Å². The number of hydrogen-bond donors (Lipinski definition) is 2. The van der Waals surface area contributed by atoms with Gasteiger partial charge in [-0.3, -0.25) is 4.79 Å². The molecule has 19 heavy (non-hydrogen) atoms. The molecule has 0 spiro atoms. The third-order valence-electron chi connectivity index (χ3n) is 3.59. The van der Waals surface area contributed by atoms with Crippen LogP contribution in [-0.4, -0.2) is 18.2 Å². The first-order valence-electron chi connectivity index (χ1n) is 6.40. The fourth-order valence-corrected chi connectivity index (χ4v) is 3.01. The van der Waals surface area contributed by atoms with Gasteiger partial charge in [-0.05, 0) is 36.8 Å². The fraction of sp³-hybridized carbons (Fsp3) is 0.500. The van der Waals surface area contributed by atoms with Crippen molar-refractivity contribution >= 4 is 17.6 Å². The number of methoxy groups -OCH3 is 1. The molecule has 0 aliphatic heterocycles. The highest BCUT2D eigenvalue weighted by Gasteiger charge is 2.23. The van der Waals surface area contributed by atoms with E-state index in [0.717, 1.165) is 30.4 Å². The topological polar surface area (TPSA) is 72.5 Å². The fourth-order valence-electron chi connectivity index (χ4n) is 2.61. The predicted molar refractivity (Wildman–Crippen MR) is 73.8 cm³/mol. The van der Waals surface area contributed by atoms with Crippen LogP contribution in [0.25, 0.3) is 0 Å².